The van der Waals surface area contributed by atoms with Gasteiger partial charge in [-0.2, -0.15) is 0 Å². The van der Waals surface area contributed by atoms with Crippen molar-refractivity contribution in [1.82, 2.24) is 0 Å². The van der Waals surface area contributed by atoms with Crippen molar-refractivity contribution in [1.29, 1.82) is 0 Å². The number of carbonyl (C=O) groups excluding carboxylic acids is 2. The number of rotatable bonds is 6. The molecule has 104 valence electrons. The van der Waals surface area contributed by atoms with Gasteiger partial charge in [-0.3, -0.25) is 9.59 Å². The Kier molecular flexibility index (Phi) is 5.95. The molecule has 0 aliphatic carbocycles. The van der Waals surface area contributed by atoms with Gasteiger partial charge in [-0.05, 0) is 18.6 Å². The monoisotopic (exact) mass is 286 g/mol. The van der Waals surface area contributed by atoms with Crippen LogP contribution in [-0.2, 0) is 9.53 Å². The molecule has 19 heavy (non-hydrogen) atoms. The van der Waals surface area contributed by atoms with Crippen LogP contribution in [0.4, 0.5) is 0 Å². The molecule has 1 aromatic carbocycles. The highest BCUT2D eigenvalue weighted by Crippen LogP contribution is 2.26. The van der Waals surface area contributed by atoms with Crippen molar-refractivity contribution in [3.05, 3.63) is 34.3 Å². The van der Waals surface area contributed by atoms with Crippen molar-refractivity contribution in [2.45, 2.75) is 25.6 Å². The van der Waals surface area contributed by atoms with E-state index >= 15 is 0 Å². The molecule has 2 unspecified atom stereocenters. The minimum absolute atomic E-state index is 0.0968. The molecule has 2 atom stereocenters. The van der Waals surface area contributed by atoms with E-state index in [1.54, 1.807) is 13.0 Å². The third kappa shape index (κ3) is 4.02. The van der Waals surface area contributed by atoms with Crippen LogP contribution in [0.15, 0.2) is 18.2 Å². The minimum Gasteiger partial charge on any atom is -0.466 e. The molecule has 1 aromatic rings. The second-order valence-electron chi connectivity index (χ2n) is 3.88. The maximum atomic E-state index is 11.2. The van der Waals surface area contributed by atoms with Crippen molar-refractivity contribution in [2.24, 2.45) is 0 Å². The molecule has 0 radical (unpaired) electrons. The van der Waals surface area contributed by atoms with Crippen LogP contribution in [0.1, 0.15) is 35.4 Å². The van der Waals surface area contributed by atoms with Gasteiger partial charge in [0.1, 0.15) is 6.10 Å². The van der Waals surface area contributed by atoms with E-state index < -0.39 is 18.2 Å². The quantitative estimate of drug-likeness (QED) is 0.611. The van der Waals surface area contributed by atoms with Gasteiger partial charge in [0.15, 0.2) is 6.29 Å². The summed E-state index contributed by atoms with van der Waals surface area (Å²) in [6.45, 7) is 1.83. The van der Waals surface area contributed by atoms with Gasteiger partial charge < -0.3 is 14.9 Å². The topological polar surface area (TPSA) is 83.8 Å². The molecule has 0 fully saturated rings. The zero-order chi connectivity index (χ0) is 14.4. The largest absolute Gasteiger partial charge is 0.466 e. The van der Waals surface area contributed by atoms with E-state index in [1.165, 1.54) is 12.1 Å². The Morgan fingerprint density at radius 2 is 2.16 bits per heavy atom. The first kappa shape index (κ1) is 15.6. The van der Waals surface area contributed by atoms with Gasteiger partial charge in [0.05, 0.1) is 24.2 Å². The Labute approximate surface area is 115 Å². The third-order valence-electron chi connectivity index (χ3n) is 2.57. The van der Waals surface area contributed by atoms with Crippen molar-refractivity contribution in [3.8, 4) is 0 Å². The summed E-state index contributed by atoms with van der Waals surface area (Å²) in [6, 6.07) is 4.51. The van der Waals surface area contributed by atoms with E-state index in [2.05, 4.69) is 4.74 Å². The Morgan fingerprint density at radius 3 is 2.74 bits per heavy atom. The summed E-state index contributed by atoms with van der Waals surface area (Å²) in [5.41, 5.74) is 0.277. The molecule has 0 aliphatic rings. The van der Waals surface area contributed by atoms with Crippen LogP contribution in [0.2, 0.25) is 5.02 Å². The summed E-state index contributed by atoms with van der Waals surface area (Å²) in [4.78, 5) is 22.2. The lowest BCUT2D eigenvalue weighted by Gasteiger charge is -2.19. The van der Waals surface area contributed by atoms with Crippen LogP contribution in [0.3, 0.4) is 0 Å². The number of hydrogen-bond acceptors (Lipinski definition) is 5. The van der Waals surface area contributed by atoms with E-state index in [0.717, 1.165) is 0 Å². The van der Waals surface area contributed by atoms with Crippen LogP contribution in [0.5, 0.6) is 0 Å². The highest BCUT2D eigenvalue weighted by atomic mass is 35.5. The maximum Gasteiger partial charge on any atom is 0.308 e. The summed E-state index contributed by atoms with van der Waals surface area (Å²) >= 11 is 5.82. The van der Waals surface area contributed by atoms with Gasteiger partial charge in [0.25, 0.3) is 0 Å². The first-order chi connectivity index (χ1) is 9.01. The molecule has 0 spiro atoms. The van der Waals surface area contributed by atoms with Gasteiger partial charge in [-0.1, -0.05) is 23.7 Å². The summed E-state index contributed by atoms with van der Waals surface area (Å²) in [7, 11) is 0. The predicted octanol–water partition coefficient (Wildman–Crippen LogP) is 1.50. The Morgan fingerprint density at radius 1 is 1.47 bits per heavy atom. The molecular weight excluding hydrogens is 272 g/mol. The molecule has 6 heteroatoms. The van der Waals surface area contributed by atoms with E-state index in [-0.39, 0.29) is 29.2 Å². The average molecular weight is 287 g/mol. The second-order valence-corrected chi connectivity index (χ2v) is 4.29. The second kappa shape index (κ2) is 7.23. The van der Waals surface area contributed by atoms with Crippen molar-refractivity contribution < 1.29 is 24.5 Å². The SMILES string of the molecule is CCOC(=O)CC(O)C(O)c1cccc(Cl)c1C=O. The molecule has 2 N–H and O–H groups in total. The molecule has 0 bridgehead atoms. The lowest BCUT2D eigenvalue weighted by atomic mass is 9.97. The average Bonchev–Trinajstić information content (AvgIpc) is 2.37. The fourth-order valence-electron chi connectivity index (χ4n) is 1.65. The summed E-state index contributed by atoms with van der Waals surface area (Å²) in [5.74, 6) is -0.622. The normalized spacial score (nSPS) is 13.7. The van der Waals surface area contributed by atoms with Gasteiger partial charge in [-0.15, -0.1) is 0 Å². The molecule has 0 heterocycles. The Hall–Kier alpha value is -1.43. The number of benzene rings is 1. The van der Waals surface area contributed by atoms with E-state index in [4.69, 9.17) is 11.6 Å². The molecule has 0 saturated carbocycles. The lowest BCUT2D eigenvalue weighted by molar-refractivity contribution is -0.147. The highest BCUT2D eigenvalue weighted by molar-refractivity contribution is 6.33. The van der Waals surface area contributed by atoms with E-state index in [0.29, 0.717) is 6.29 Å². The number of hydrogen-bond donors (Lipinski definition) is 2. The fourth-order valence-corrected chi connectivity index (χ4v) is 1.87. The van der Waals surface area contributed by atoms with Gasteiger partial charge >= 0.3 is 5.97 Å². The standard InChI is InChI=1S/C13H15ClO5/c1-2-19-12(17)6-11(16)13(18)8-4-3-5-10(14)9(8)7-15/h3-5,7,11,13,16,18H,2,6H2,1H3. The van der Waals surface area contributed by atoms with Gasteiger partial charge in [0, 0.05) is 5.56 Å². The van der Waals surface area contributed by atoms with E-state index in [9.17, 15) is 19.8 Å². The van der Waals surface area contributed by atoms with Crippen LogP contribution < -0.4 is 0 Å². The Balaban J connectivity index is 2.88. The molecule has 0 aliphatic heterocycles. The molecule has 0 saturated heterocycles. The number of ether oxygens (including phenoxy) is 1. The Bertz CT molecular complexity index is 460. The predicted molar refractivity (Wildman–Crippen MR) is 69.1 cm³/mol. The third-order valence-corrected chi connectivity index (χ3v) is 2.90. The van der Waals surface area contributed by atoms with Crippen molar-refractivity contribution in [3.63, 3.8) is 0 Å². The van der Waals surface area contributed by atoms with Crippen LogP contribution in [-0.4, -0.2) is 35.2 Å². The van der Waals surface area contributed by atoms with Gasteiger partial charge in [-0.25, -0.2) is 0 Å². The fraction of sp³-hybridized carbons (Fsp3) is 0.385. The molecular formula is C13H15ClO5. The number of aliphatic hydroxyl groups excluding tert-OH is 2. The zero-order valence-electron chi connectivity index (χ0n) is 10.4. The van der Waals surface area contributed by atoms with Crippen molar-refractivity contribution >= 4 is 23.9 Å². The minimum atomic E-state index is -1.39. The summed E-state index contributed by atoms with van der Waals surface area (Å²) in [5, 5.41) is 19.9. The number of aliphatic hydroxyl groups is 2. The number of carbonyl (C=O) groups is 2. The van der Waals surface area contributed by atoms with Crippen LogP contribution >= 0.6 is 11.6 Å². The number of esters is 1. The number of halogens is 1. The van der Waals surface area contributed by atoms with Crippen LogP contribution in [0, 0.1) is 0 Å². The molecule has 5 nitrogen and oxygen atoms in total. The molecule has 0 amide bonds. The molecule has 0 aromatic heterocycles. The van der Waals surface area contributed by atoms with E-state index in [1.807, 2.05) is 0 Å². The summed E-state index contributed by atoms with van der Waals surface area (Å²) in [6.07, 6.45) is -2.61. The van der Waals surface area contributed by atoms with Crippen LogP contribution in [0.25, 0.3) is 0 Å². The smallest absolute Gasteiger partial charge is 0.308 e. The molecule has 1 rings (SSSR count). The summed E-state index contributed by atoms with van der Waals surface area (Å²) < 4.78 is 4.67. The van der Waals surface area contributed by atoms with Crippen molar-refractivity contribution in [2.75, 3.05) is 6.61 Å². The first-order valence-electron chi connectivity index (χ1n) is 5.76. The maximum absolute atomic E-state index is 11.2. The highest BCUT2D eigenvalue weighted by Gasteiger charge is 2.24. The first-order valence-corrected chi connectivity index (χ1v) is 6.14. The number of aldehydes is 1. The zero-order valence-corrected chi connectivity index (χ0v) is 11.1. The lowest BCUT2D eigenvalue weighted by Crippen LogP contribution is -2.24. The van der Waals surface area contributed by atoms with Gasteiger partial charge in [0.2, 0.25) is 0 Å².